The van der Waals surface area contributed by atoms with Crippen molar-refractivity contribution in [1.82, 2.24) is 10.2 Å². The van der Waals surface area contributed by atoms with Crippen molar-refractivity contribution < 1.29 is 36.5 Å². The minimum atomic E-state index is -3.93. The number of hydrogen-bond donors (Lipinski definition) is 2. The maximum absolute atomic E-state index is 12.4. The molecule has 27 heavy (non-hydrogen) atoms. The van der Waals surface area contributed by atoms with Gasteiger partial charge in [-0.2, -0.15) is 8.42 Å². The van der Waals surface area contributed by atoms with Crippen LogP contribution in [-0.4, -0.2) is 59.1 Å². The summed E-state index contributed by atoms with van der Waals surface area (Å²) >= 11 is 1.11. The molecule has 12 heteroatoms. The predicted octanol–water partition coefficient (Wildman–Crippen LogP) is -0.115. The first kappa shape index (κ1) is 19.3. The molecule has 146 valence electrons. The van der Waals surface area contributed by atoms with Crippen LogP contribution in [0.15, 0.2) is 34.3 Å². The summed E-state index contributed by atoms with van der Waals surface area (Å²) in [5.41, 5.74) is -0.516. The number of carboxylic acid groups (broad SMARTS) is 1. The van der Waals surface area contributed by atoms with Crippen molar-refractivity contribution in [3.63, 3.8) is 0 Å². The number of furan rings is 1. The van der Waals surface area contributed by atoms with Gasteiger partial charge in [0.1, 0.15) is 17.2 Å². The van der Waals surface area contributed by atoms with Crippen LogP contribution in [-0.2, 0) is 35.1 Å². The van der Waals surface area contributed by atoms with Crippen LogP contribution in [0.3, 0.4) is 0 Å². The molecular weight excluding hydrogens is 400 g/mol. The molecule has 1 aromatic rings. The molecule has 2 amide bonds. The van der Waals surface area contributed by atoms with Crippen molar-refractivity contribution in [2.45, 2.75) is 24.8 Å². The number of fused-ring (bicyclic) bond motifs is 1. The SMILES string of the molecule is CCS(=O)(=O)OC1=C(C(=O)O)N2C(=O)C(NC(=O)Cc3ccco3)[C@H]2SC1. The molecule has 1 fully saturated rings. The van der Waals surface area contributed by atoms with Crippen LogP contribution in [0.5, 0.6) is 0 Å². The van der Waals surface area contributed by atoms with E-state index in [9.17, 15) is 27.9 Å². The van der Waals surface area contributed by atoms with Gasteiger partial charge in [-0.25, -0.2) is 4.79 Å². The van der Waals surface area contributed by atoms with Crippen molar-refractivity contribution in [3.05, 3.63) is 35.6 Å². The Bertz CT molecular complexity index is 906. The number of amides is 2. The summed E-state index contributed by atoms with van der Waals surface area (Å²) in [5.74, 6) is -2.84. The van der Waals surface area contributed by atoms with Crippen molar-refractivity contribution in [2.24, 2.45) is 0 Å². The van der Waals surface area contributed by atoms with Gasteiger partial charge in [-0.15, -0.1) is 11.8 Å². The Morgan fingerprint density at radius 1 is 1.48 bits per heavy atom. The number of carbonyl (C=O) groups excluding carboxylic acids is 2. The molecule has 0 aliphatic carbocycles. The minimum Gasteiger partial charge on any atom is -0.476 e. The van der Waals surface area contributed by atoms with Crippen LogP contribution in [0.25, 0.3) is 0 Å². The number of nitrogens with one attached hydrogen (secondary N) is 1. The molecule has 1 saturated heterocycles. The molecule has 0 radical (unpaired) electrons. The summed E-state index contributed by atoms with van der Waals surface area (Å²) in [7, 11) is -3.93. The van der Waals surface area contributed by atoms with Crippen LogP contribution in [0.4, 0.5) is 0 Å². The summed E-state index contributed by atoms with van der Waals surface area (Å²) in [4.78, 5) is 37.0. The number of nitrogens with zero attached hydrogens (tertiary/aromatic N) is 1. The van der Waals surface area contributed by atoms with Gasteiger partial charge in [0.25, 0.3) is 5.91 Å². The van der Waals surface area contributed by atoms with E-state index in [1.165, 1.54) is 13.2 Å². The van der Waals surface area contributed by atoms with E-state index in [2.05, 4.69) is 5.32 Å². The average Bonchev–Trinajstić information content (AvgIpc) is 3.11. The number of rotatable bonds is 7. The fourth-order valence-corrected chi connectivity index (χ4v) is 4.55. The third-order valence-electron chi connectivity index (χ3n) is 3.95. The van der Waals surface area contributed by atoms with Gasteiger partial charge in [0.2, 0.25) is 5.91 Å². The number of hydrogen-bond acceptors (Lipinski definition) is 8. The Morgan fingerprint density at radius 2 is 2.22 bits per heavy atom. The van der Waals surface area contributed by atoms with Gasteiger partial charge < -0.3 is 19.0 Å². The van der Waals surface area contributed by atoms with E-state index in [4.69, 9.17) is 8.60 Å². The topological polar surface area (TPSA) is 143 Å². The fraction of sp³-hybridized carbons (Fsp3) is 0.400. The molecule has 2 N–H and O–H groups in total. The monoisotopic (exact) mass is 416 g/mol. The van der Waals surface area contributed by atoms with E-state index in [0.29, 0.717) is 5.76 Å². The van der Waals surface area contributed by atoms with Crippen LogP contribution >= 0.6 is 11.8 Å². The number of β-lactam (4-membered cyclic amide) rings is 1. The smallest absolute Gasteiger partial charge is 0.356 e. The molecular formula is C15H16N2O8S2. The number of carboxylic acids is 1. The summed E-state index contributed by atoms with van der Waals surface area (Å²) in [6.45, 7) is 1.36. The predicted molar refractivity (Wildman–Crippen MR) is 92.6 cm³/mol. The van der Waals surface area contributed by atoms with Crippen LogP contribution in [0.2, 0.25) is 0 Å². The zero-order chi connectivity index (χ0) is 19.8. The van der Waals surface area contributed by atoms with Gasteiger partial charge in [-0.05, 0) is 19.1 Å². The first-order chi connectivity index (χ1) is 12.7. The Labute approximate surface area is 158 Å². The van der Waals surface area contributed by atoms with Crippen LogP contribution in [0, 0.1) is 0 Å². The molecule has 2 aliphatic heterocycles. The zero-order valence-electron chi connectivity index (χ0n) is 14.1. The maximum atomic E-state index is 12.4. The normalized spacial score (nSPS) is 22.1. The highest BCUT2D eigenvalue weighted by molar-refractivity contribution is 8.00. The fourth-order valence-electron chi connectivity index (χ4n) is 2.66. The van der Waals surface area contributed by atoms with Crippen molar-refractivity contribution in [1.29, 1.82) is 0 Å². The average molecular weight is 416 g/mol. The third-order valence-corrected chi connectivity index (χ3v) is 6.36. The molecule has 0 spiro atoms. The summed E-state index contributed by atoms with van der Waals surface area (Å²) in [5, 5.41) is 11.3. The Hall–Kier alpha value is -2.47. The lowest BCUT2D eigenvalue weighted by Gasteiger charge is -2.48. The molecule has 3 heterocycles. The Balaban J connectivity index is 1.75. The lowest BCUT2D eigenvalue weighted by molar-refractivity contribution is -0.151. The minimum absolute atomic E-state index is 0.0557. The molecule has 3 rings (SSSR count). The van der Waals surface area contributed by atoms with Crippen molar-refractivity contribution in [3.8, 4) is 0 Å². The van der Waals surface area contributed by atoms with Gasteiger partial charge in [0.15, 0.2) is 11.5 Å². The van der Waals surface area contributed by atoms with Gasteiger partial charge in [0.05, 0.1) is 24.2 Å². The van der Waals surface area contributed by atoms with Gasteiger partial charge in [0, 0.05) is 0 Å². The van der Waals surface area contributed by atoms with Crippen molar-refractivity contribution >= 4 is 39.7 Å². The Kier molecular flexibility index (Phi) is 5.20. The number of thioether (sulfide) groups is 1. The summed E-state index contributed by atoms with van der Waals surface area (Å²) < 4.78 is 33.2. The second-order valence-corrected chi connectivity index (χ2v) is 8.68. The molecule has 1 aromatic heterocycles. The Morgan fingerprint density at radius 3 is 2.81 bits per heavy atom. The van der Waals surface area contributed by atoms with E-state index < -0.39 is 45.0 Å². The van der Waals surface area contributed by atoms with E-state index >= 15 is 0 Å². The second kappa shape index (κ2) is 7.27. The number of aliphatic carboxylic acids is 1. The standard InChI is InChI=1S/C15H16N2O8S2/c1-2-27(22,23)25-9-7-26-14-11(13(19)17(14)12(9)15(20)21)16-10(18)6-8-4-3-5-24-8/h3-5,11,14H,2,6-7H2,1H3,(H,16,18)(H,20,21)/t11?,14-/m1/s1. The molecule has 0 bridgehead atoms. The zero-order valence-corrected chi connectivity index (χ0v) is 15.7. The van der Waals surface area contributed by atoms with E-state index in [-0.39, 0.29) is 23.7 Å². The summed E-state index contributed by atoms with van der Waals surface area (Å²) in [6, 6.07) is 2.34. The van der Waals surface area contributed by atoms with Crippen LogP contribution < -0.4 is 5.32 Å². The molecule has 1 unspecified atom stereocenters. The first-order valence-corrected chi connectivity index (χ1v) is 10.5. The molecule has 2 aliphatic rings. The van der Waals surface area contributed by atoms with Gasteiger partial charge in [-0.3, -0.25) is 14.5 Å². The van der Waals surface area contributed by atoms with Gasteiger partial charge >= 0.3 is 16.1 Å². The summed E-state index contributed by atoms with van der Waals surface area (Å²) in [6.07, 6.45) is 1.37. The quantitative estimate of drug-likeness (QED) is 0.459. The largest absolute Gasteiger partial charge is 0.476 e. The number of carbonyl (C=O) groups is 3. The highest BCUT2D eigenvalue weighted by Crippen LogP contribution is 2.41. The van der Waals surface area contributed by atoms with E-state index in [1.807, 2.05) is 0 Å². The molecule has 0 saturated carbocycles. The van der Waals surface area contributed by atoms with Crippen molar-refractivity contribution in [2.75, 3.05) is 11.5 Å². The lowest BCUT2D eigenvalue weighted by atomic mass is 10.0. The molecule has 2 atom stereocenters. The van der Waals surface area contributed by atoms with Crippen LogP contribution in [0.1, 0.15) is 12.7 Å². The second-order valence-electron chi connectivity index (χ2n) is 5.72. The highest BCUT2D eigenvalue weighted by atomic mass is 32.2. The molecule has 0 aromatic carbocycles. The maximum Gasteiger partial charge on any atom is 0.356 e. The molecule has 10 nitrogen and oxygen atoms in total. The highest BCUT2D eigenvalue weighted by Gasteiger charge is 2.55. The van der Waals surface area contributed by atoms with E-state index in [0.717, 1.165) is 16.7 Å². The third kappa shape index (κ3) is 3.81. The van der Waals surface area contributed by atoms with E-state index in [1.54, 1.807) is 12.1 Å². The first-order valence-electron chi connectivity index (χ1n) is 7.88. The van der Waals surface area contributed by atoms with Gasteiger partial charge in [-0.1, -0.05) is 0 Å². The lowest BCUT2D eigenvalue weighted by Crippen LogP contribution is -2.70.